The van der Waals surface area contributed by atoms with Crippen LogP contribution in [-0.4, -0.2) is 65.9 Å². The molecule has 1 fully saturated rings. The van der Waals surface area contributed by atoms with E-state index in [1.54, 1.807) is 29.2 Å². The number of nitrogens with zero attached hydrogens (tertiary/aromatic N) is 2. The number of halogens is 1. The SMILES string of the molecule is O=C(N[C@H]1CC(=O)N(c2ccc(Cl)cc2)C1)N(CCO)CCO. The molecule has 1 aromatic carbocycles. The van der Waals surface area contributed by atoms with Gasteiger partial charge in [0.1, 0.15) is 0 Å². The molecule has 0 bridgehead atoms. The highest BCUT2D eigenvalue weighted by Crippen LogP contribution is 2.23. The Morgan fingerprint density at radius 1 is 1.26 bits per heavy atom. The van der Waals surface area contributed by atoms with Gasteiger partial charge >= 0.3 is 6.03 Å². The Bertz CT molecular complexity index is 546. The van der Waals surface area contributed by atoms with Gasteiger partial charge < -0.3 is 25.3 Å². The summed E-state index contributed by atoms with van der Waals surface area (Å²) in [5.41, 5.74) is 0.735. The van der Waals surface area contributed by atoms with E-state index in [2.05, 4.69) is 5.32 Å². The van der Waals surface area contributed by atoms with Crippen LogP contribution in [0.15, 0.2) is 24.3 Å². The number of aliphatic hydroxyl groups is 2. The van der Waals surface area contributed by atoms with E-state index in [9.17, 15) is 9.59 Å². The van der Waals surface area contributed by atoms with Gasteiger partial charge in [-0.25, -0.2) is 4.79 Å². The number of benzene rings is 1. The second-order valence-corrected chi connectivity index (χ2v) is 5.70. The molecular formula is C15H20ClN3O4. The Balaban J connectivity index is 1.96. The zero-order valence-corrected chi connectivity index (χ0v) is 13.4. The summed E-state index contributed by atoms with van der Waals surface area (Å²) in [5, 5.41) is 21.3. The summed E-state index contributed by atoms with van der Waals surface area (Å²) in [6, 6.07) is 6.22. The third-order valence-electron chi connectivity index (χ3n) is 3.62. The van der Waals surface area contributed by atoms with Crippen LogP contribution in [-0.2, 0) is 4.79 Å². The topological polar surface area (TPSA) is 93.1 Å². The average Bonchev–Trinajstić information content (AvgIpc) is 2.88. The van der Waals surface area contributed by atoms with E-state index in [-0.39, 0.29) is 44.7 Å². The van der Waals surface area contributed by atoms with Gasteiger partial charge in [-0.2, -0.15) is 0 Å². The minimum absolute atomic E-state index is 0.0755. The molecule has 1 aromatic rings. The minimum Gasteiger partial charge on any atom is -0.395 e. The molecule has 0 spiro atoms. The first-order valence-corrected chi connectivity index (χ1v) is 7.76. The van der Waals surface area contributed by atoms with Crippen LogP contribution >= 0.6 is 11.6 Å². The lowest BCUT2D eigenvalue weighted by Crippen LogP contribution is -2.47. The van der Waals surface area contributed by atoms with Crippen LogP contribution in [0, 0.1) is 0 Å². The molecule has 1 aliphatic rings. The van der Waals surface area contributed by atoms with Gasteiger partial charge in [0.15, 0.2) is 0 Å². The lowest BCUT2D eigenvalue weighted by Gasteiger charge is -2.23. The van der Waals surface area contributed by atoms with Crippen LogP contribution in [0.5, 0.6) is 0 Å². The second-order valence-electron chi connectivity index (χ2n) is 5.27. The molecule has 0 unspecified atom stereocenters. The quantitative estimate of drug-likeness (QED) is 0.700. The maximum absolute atomic E-state index is 12.1. The van der Waals surface area contributed by atoms with Crippen molar-refractivity contribution in [3.63, 3.8) is 0 Å². The predicted octanol–water partition coefficient (Wildman–Crippen LogP) is 0.441. The van der Waals surface area contributed by atoms with Crippen molar-refractivity contribution in [2.75, 3.05) is 37.7 Å². The zero-order chi connectivity index (χ0) is 16.8. The molecule has 8 heteroatoms. The third-order valence-corrected chi connectivity index (χ3v) is 3.87. The van der Waals surface area contributed by atoms with Gasteiger partial charge in [-0.15, -0.1) is 0 Å². The molecular weight excluding hydrogens is 322 g/mol. The monoisotopic (exact) mass is 341 g/mol. The first-order chi connectivity index (χ1) is 11.0. The van der Waals surface area contributed by atoms with Crippen molar-refractivity contribution >= 4 is 29.2 Å². The molecule has 2 rings (SSSR count). The van der Waals surface area contributed by atoms with E-state index in [1.165, 1.54) is 4.90 Å². The number of anilines is 1. The van der Waals surface area contributed by atoms with Crippen molar-refractivity contribution in [3.8, 4) is 0 Å². The molecule has 0 aliphatic carbocycles. The summed E-state index contributed by atoms with van der Waals surface area (Å²) in [4.78, 5) is 27.2. The number of aliphatic hydroxyl groups excluding tert-OH is 2. The first-order valence-electron chi connectivity index (χ1n) is 7.38. The average molecular weight is 342 g/mol. The number of urea groups is 1. The smallest absolute Gasteiger partial charge is 0.317 e. The largest absolute Gasteiger partial charge is 0.395 e. The number of hydrogen-bond acceptors (Lipinski definition) is 4. The highest BCUT2D eigenvalue weighted by atomic mass is 35.5. The number of hydrogen-bond donors (Lipinski definition) is 3. The van der Waals surface area contributed by atoms with Gasteiger partial charge in [0.2, 0.25) is 5.91 Å². The van der Waals surface area contributed by atoms with Gasteiger partial charge in [-0.1, -0.05) is 11.6 Å². The fourth-order valence-corrected chi connectivity index (χ4v) is 2.62. The van der Waals surface area contributed by atoms with Crippen LogP contribution in [0.25, 0.3) is 0 Å². The van der Waals surface area contributed by atoms with Crippen molar-refractivity contribution in [2.24, 2.45) is 0 Å². The van der Waals surface area contributed by atoms with Crippen molar-refractivity contribution in [1.29, 1.82) is 0 Å². The summed E-state index contributed by atoms with van der Waals surface area (Å²) in [7, 11) is 0. The zero-order valence-electron chi connectivity index (χ0n) is 12.6. The van der Waals surface area contributed by atoms with E-state index < -0.39 is 6.03 Å². The fourth-order valence-electron chi connectivity index (χ4n) is 2.50. The van der Waals surface area contributed by atoms with E-state index in [4.69, 9.17) is 21.8 Å². The fraction of sp³-hybridized carbons (Fsp3) is 0.467. The van der Waals surface area contributed by atoms with Gasteiger partial charge in [0.25, 0.3) is 0 Å². The maximum atomic E-state index is 12.1. The Kier molecular flexibility index (Phi) is 6.20. The lowest BCUT2D eigenvalue weighted by molar-refractivity contribution is -0.117. The van der Waals surface area contributed by atoms with Gasteiger partial charge in [0, 0.05) is 36.8 Å². The molecule has 1 atom stereocenters. The molecule has 0 aromatic heterocycles. The van der Waals surface area contributed by atoms with E-state index in [1.807, 2.05) is 0 Å². The first kappa shape index (κ1) is 17.5. The summed E-state index contributed by atoms with van der Waals surface area (Å²) in [6.07, 6.45) is 0.209. The van der Waals surface area contributed by atoms with Crippen molar-refractivity contribution < 1.29 is 19.8 Å². The normalized spacial score (nSPS) is 17.4. The Morgan fingerprint density at radius 2 is 1.87 bits per heavy atom. The lowest BCUT2D eigenvalue weighted by atomic mass is 10.2. The Hall–Kier alpha value is -1.83. The summed E-state index contributed by atoms with van der Waals surface area (Å²) in [5.74, 6) is -0.0755. The molecule has 1 saturated heterocycles. The number of rotatable bonds is 6. The number of amides is 3. The molecule has 1 aliphatic heterocycles. The summed E-state index contributed by atoms with van der Waals surface area (Å²) in [6.45, 7) is 0.266. The summed E-state index contributed by atoms with van der Waals surface area (Å²) < 4.78 is 0. The van der Waals surface area contributed by atoms with Crippen LogP contribution in [0.3, 0.4) is 0 Å². The van der Waals surface area contributed by atoms with Crippen LogP contribution in [0.4, 0.5) is 10.5 Å². The molecule has 1 heterocycles. The van der Waals surface area contributed by atoms with Gasteiger partial charge in [-0.05, 0) is 24.3 Å². The van der Waals surface area contributed by atoms with E-state index >= 15 is 0 Å². The van der Waals surface area contributed by atoms with Gasteiger partial charge in [-0.3, -0.25) is 4.79 Å². The molecule has 0 radical (unpaired) electrons. The molecule has 0 saturated carbocycles. The van der Waals surface area contributed by atoms with E-state index in [0.717, 1.165) is 5.69 Å². The molecule has 3 N–H and O–H groups in total. The highest BCUT2D eigenvalue weighted by molar-refractivity contribution is 6.30. The van der Waals surface area contributed by atoms with Crippen LogP contribution in [0.1, 0.15) is 6.42 Å². The van der Waals surface area contributed by atoms with Crippen LogP contribution < -0.4 is 10.2 Å². The van der Waals surface area contributed by atoms with Crippen molar-refractivity contribution in [1.82, 2.24) is 10.2 Å². The van der Waals surface area contributed by atoms with Crippen molar-refractivity contribution in [2.45, 2.75) is 12.5 Å². The molecule has 23 heavy (non-hydrogen) atoms. The van der Waals surface area contributed by atoms with Crippen LogP contribution in [0.2, 0.25) is 5.02 Å². The van der Waals surface area contributed by atoms with Gasteiger partial charge in [0.05, 0.1) is 19.3 Å². The Labute approximate surface area is 139 Å². The minimum atomic E-state index is -0.399. The van der Waals surface area contributed by atoms with E-state index in [0.29, 0.717) is 11.6 Å². The summed E-state index contributed by atoms with van der Waals surface area (Å²) >= 11 is 5.84. The highest BCUT2D eigenvalue weighted by Gasteiger charge is 2.32. The second kappa shape index (κ2) is 8.14. The Morgan fingerprint density at radius 3 is 2.43 bits per heavy atom. The predicted molar refractivity (Wildman–Crippen MR) is 86.5 cm³/mol. The third kappa shape index (κ3) is 4.57. The maximum Gasteiger partial charge on any atom is 0.317 e. The number of nitrogens with one attached hydrogen (secondary N) is 1. The standard InChI is InChI=1S/C15H20ClN3O4/c16-11-1-3-13(4-2-11)19-10-12(9-14(19)22)17-15(23)18(5-7-20)6-8-21/h1-4,12,20-21H,5-10H2,(H,17,23)/t12-/m0/s1. The molecule has 126 valence electrons. The van der Waals surface area contributed by atoms with Crippen molar-refractivity contribution in [3.05, 3.63) is 29.3 Å². The molecule has 7 nitrogen and oxygen atoms in total. The molecule has 3 amide bonds. The number of carbonyl (C=O) groups is 2. The number of carbonyl (C=O) groups excluding carboxylic acids is 2.